The van der Waals surface area contributed by atoms with Gasteiger partial charge in [-0.25, -0.2) is 4.79 Å². The van der Waals surface area contributed by atoms with E-state index >= 15 is 0 Å². The van der Waals surface area contributed by atoms with Crippen LogP contribution in [-0.2, 0) is 6.54 Å². The first-order chi connectivity index (χ1) is 8.02. The Morgan fingerprint density at radius 2 is 2.12 bits per heavy atom. The van der Waals surface area contributed by atoms with Crippen LogP contribution >= 0.6 is 0 Å². The molecule has 4 heteroatoms. The van der Waals surface area contributed by atoms with E-state index in [0.29, 0.717) is 6.54 Å². The van der Waals surface area contributed by atoms with Crippen LogP contribution in [0.15, 0.2) is 18.2 Å². The maximum absolute atomic E-state index is 11.4. The summed E-state index contributed by atoms with van der Waals surface area (Å²) >= 11 is 0. The van der Waals surface area contributed by atoms with E-state index in [2.05, 4.69) is 16.7 Å². The maximum Gasteiger partial charge on any atom is 0.315 e. The summed E-state index contributed by atoms with van der Waals surface area (Å²) in [6.07, 6.45) is 0. The highest BCUT2D eigenvalue weighted by atomic mass is 16.3. The summed E-state index contributed by atoms with van der Waals surface area (Å²) in [5.74, 6) is 0. The highest BCUT2D eigenvalue weighted by Crippen LogP contribution is 2.09. The minimum absolute atomic E-state index is 0.0586. The number of rotatable bonds is 4. The van der Waals surface area contributed by atoms with Crippen molar-refractivity contribution in [1.29, 1.82) is 0 Å². The zero-order chi connectivity index (χ0) is 12.8. The molecule has 0 heterocycles. The summed E-state index contributed by atoms with van der Waals surface area (Å²) < 4.78 is 0. The second-order valence-electron chi connectivity index (χ2n) is 4.34. The van der Waals surface area contributed by atoms with Crippen molar-refractivity contribution >= 4 is 6.03 Å². The number of carbonyl (C=O) groups is 1. The van der Waals surface area contributed by atoms with Crippen molar-refractivity contribution in [3.63, 3.8) is 0 Å². The largest absolute Gasteiger partial charge is 0.394 e. The van der Waals surface area contributed by atoms with Crippen LogP contribution in [0.3, 0.4) is 0 Å². The molecule has 1 aromatic rings. The van der Waals surface area contributed by atoms with Crippen molar-refractivity contribution < 1.29 is 9.90 Å². The Labute approximate surface area is 102 Å². The van der Waals surface area contributed by atoms with Gasteiger partial charge in [-0.05, 0) is 31.9 Å². The normalized spacial score (nSPS) is 12.0. The summed E-state index contributed by atoms with van der Waals surface area (Å²) in [6.45, 7) is 6.25. The lowest BCUT2D eigenvalue weighted by molar-refractivity contribution is 0.220. The highest BCUT2D eigenvalue weighted by Gasteiger charge is 2.06. The number of aryl methyl sites for hydroxylation is 2. The fraction of sp³-hybridized carbons (Fsp3) is 0.462. The molecule has 0 aliphatic heterocycles. The predicted molar refractivity (Wildman–Crippen MR) is 67.8 cm³/mol. The first-order valence-corrected chi connectivity index (χ1v) is 5.74. The first kappa shape index (κ1) is 13.5. The number of benzene rings is 1. The van der Waals surface area contributed by atoms with E-state index in [9.17, 15) is 4.79 Å². The molecular weight excluding hydrogens is 216 g/mol. The van der Waals surface area contributed by atoms with E-state index in [1.54, 1.807) is 6.92 Å². The maximum atomic E-state index is 11.4. The Balaban J connectivity index is 2.47. The lowest BCUT2D eigenvalue weighted by Gasteiger charge is -2.13. The van der Waals surface area contributed by atoms with Gasteiger partial charge in [0.25, 0.3) is 0 Å². The number of hydrogen-bond donors (Lipinski definition) is 3. The minimum atomic E-state index is -0.258. The lowest BCUT2D eigenvalue weighted by Crippen LogP contribution is -2.42. The molecule has 94 valence electrons. The molecule has 4 nitrogen and oxygen atoms in total. The summed E-state index contributed by atoms with van der Waals surface area (Å²) in [6, 6.07) is 5.64. The molecule has 1 rings (SSSR count). The van der Waals surface area contributed by atoms with Crippen molar-refractivity contribution in [3.05, 3.63) is 34.9 Å². The standard InChI is InChI=1S/C13H20N2O2/c1-9-4-5-12(10(2)6-9)7-14-13(17)15-11(3)8-16/h4-6,11,16H,7-8H2,1-3H3,(H2,14,15,17). The van der Waals surface area contributed by atoms with Gasteiger partial charge < -0.3 is 15.7 Å². The summed E-state index contributed by atoms with van der Waals surface area (Å²) in [7, 11) is 0. The molecule has 0 aliphatic carbocycles. The zero-order valence-electron chi connectivity index (χ0n) is 10.6. The van der Waals surface area contributed by atoms with E-state index in [-0.39, 0.29) is 18.7 Å². The van der Waals surface area contributed by atoms with Gasteiger partial charge in [0.2, 0.25) is 0 Å². The molecule has 0 spiro atoms. The molecule has 3 N–H and O–H groups in total. The summed E-state index contributed by atoms with van der Waals surface area (Å²) in [4.78, 5) is 11.4. The molecule has 0 fully saturated rings. The van der Waals surface area contributed by atoms with Gasteiger partial charge in [-0.3, -0.25) is 0 Å². The molecule has 0 saturated heterocycles. The second-order valence-corrected chi connectivity index (χ2v) is 4.34. The monoisotopic (exact) mass is 236 g/mol. The van der Waals surface area contributed by atoms with Crippen LogP contribution in [0, 0.1) is 13.8 Å². The van der Waals surface area contributed by atoms with Crippen LogP contribution < -0.4 is 10.6 Å². The summed E-state index contributed by atoms with van der Waals surface area (Å²) in [5, 5.41) is 14.2. The van der Waals surface area contributed by atoms with Crippen LogP contribution in [0.5, 0.6) is 0 Å². The fourth-order valence-corrected chi connectivity index (χ4v) is 1.54. The third-order valence-electron chi connectivity index (χ3n) is 2.59. The molecule has 1 atom stereocenters. The van der Waals surface area contributed by atoms with Crippen LogP contribution in [0.25, 0.3) is 0 Å². The Morgan fingerprint density at radius 1 is 1.41 bits per heavy atom. The molecule has 0 aromatic heterocycles. The SMILES string of the molecule is Cc1ccc(CNC(=O)NC(C)CO)c(C)c1. The van der Waals surface area contributed by atoms with Crippen molar-refractivity contribution in [3.8, 4) is 0 Å². The number of urea groups is 1. The number of nitrogens with one attached hydrogen (secondary N) is 2. The molecule has 0 bridgehead atoms. The smallest absolute Gasteiger partial charge is 0.315 e. The van der Waals surface area contributed by atoms with E-state index < -0.39 is 0 Å². The Morgan fingerprint density at radius 3 is 2.71 bits per heavy atom. The molecule has 0 aliphatic rings. The van der Waals surface area contributed by atoms with Gasteiger partial charge in [-0.15, -0.1) is 0 Å². The third-order valence-corrected chi connectivity index (χ3v) is 2.59. The first-order valence-electron chi connectivity index (χ1n) is 5.74. The third kappa shape index (κ3) is 4.44. The lowest BCUT2D eigenvalue weighted by atomic mass is 10.1. The quantitative estimate of drug-likeness (QED) is 0.741. The van der Waals surface area contributed by atoms with Gasteiger partial charge in [0.1, 0.15) is 0 Å². The van der Waals surface area contributed by atoms with E-state index in [1.807, 2.05) is 26.0 Å². The van der Waals surface area contributed by atoms with Crippen LogP contribution in [0.4, 0.5) is 4.79 Å². The van der Waals surface area contributed by atoms with Crippen molar-refractivity contribution in [1.82, 2.24) is 10.6 Å². The van der Waals surface area contributed by atoms with Gasteiger partial charge >= 0.3 is 6.03 Å². The number of carbonyl (C=O) groups excluding carboxylic acids is 1. The highest BCUT2D eigenvalue weighted by molar-refractivity contribution is 5.74. The molecule has 1 aromatic carbocycles. The van der Waals surface area contributed by atoms with Gasteiger partial charge in [0.15, 0.2) is 0 Å². The molecule has 1 unspecified atom stereocenters. The van der Waals surface area contributed by atoms with Gasteiger partial charge in [-0.1, -0.05) is 23.8 Å². The minimum Gasteiger partial charge on any atom is -0.394 e. The van der Waals surface area contributed by atoms with Crippen LogP contribution in [0.2, 0.25) is 0 Å². The average Bonchev–Trinajstić information content (AvgIpc) is 2.27. The zero-order valence-corrected chi connectivity index (χ0v) is 10.6. The van der Waals surface area contributed by atoms with E-state index in [0.717, 1.165) is 5.56 Å². The van der Waals surface area contributed by atoms with Crippen molar-refractivity contribution in [2.24, 2.45) is 0 Å². The van der Waals surface area contributed by atoms with Gasteiger partial charge in [-0.2, -0.15) is 0 Å². The molecular formula is C13H20N2O2. The van der Waals surface area contributed by atoms with Gasteiger partial charge in [0, 0.05) is 6.54 Å². The van der Waals surface area contributed by atoms with Gasteiger partial charge in [0.05, 0.1) is 12.6 Å². The van der Waals surface area contributed by atoms with Crippen molar-refractivity contribution in [2.75, 3.05) is 6.61 Å². The van der Waals surface area contributed by atoms with E-state index in [4.69, 9.17) is 5.11 Å². The Bertz CT molecular complexity index is 391. The molecule has 17 heavy (non-hydrogen) atoms. The van der Waals surface area contributed by atoms with Crippen molar-refractivity contribution in [2.45, 2.75) is 33.4 Å². The van der Waals surface area contributed by atoms with Crippen LogP contribution in [0.1, 0.15) is 23.6 Å². The number of aliphatic hydroxyl groups excluding tert-OH is 1. The van der Waals surface area contributed by atoms with E-state index in [1.165, 1.54) is 11.1 Å². The molecule has 2 amide bonds. The molecule has 0 radical (unpaired) electrons. The number of hydrogen-bond acceptors (Lipinski definition) is 2. The molecule has 0 saturated carbocycles. The number of aliphatic hydroxyl groups is 1. The topological polar surface area (TPSA) is 61.4 Å². The average molecular weight is 236 g/mol. The second kappa shape index (κ2) is 6.25. The predicted octanol–water partition coefficient (Wildman–Crippen LogP) is 1.48. The Hall–Kier alpha value is -1.55. The van der Waals surface area contributed by atoms with Crippen LogP contribution in [-0.4, -0.2) is 23.8 Å². The number of amides is 2. The Kier molecular flexibility index (Phi) is 4.97. The summed E-state index contributed by atoms with van der Waals surface area (Å²) in [5.41, 5.74) is 3.48. The fourth-order valence-electron chi connectivity index (χ4n) is 1.54.